The lowest BCUT2D eigenvalue weighted by molar-refractivity contribution is -0.671. The molecule has 80 valence electrons. The lowest BCUT2D eigenvalue weighted by Gasteiger charge is -2.13. The van der Waals surface area contributed by atoms with E-state index in [0.717, 1.165) is 0 Å². The van der Waals surface area contributed by atoms with Gasteiger partial charge in [0.25, 0.3) is 6.33 Å². The Morgan fingerprint density at radius 3 is 2.40 bits per heavy atom. The second kappa shape index (κ2) is 5.16. The van der Waals surface area contributed by atoms with Crippen molar-refractivity contribution in [2.75, 3.05) is 12.1 Å². The van der Waals surface area contributed by atoms with Gasteiger partial charge in [-0.15, -0.1) is 4.68 Å². The summed E-state index contributed by atoms with van der Waals surface area (Å²) in [5.41, 5.74) is 1.17. The monoisotopic (exact) mass is 315 g/mol. The third-order valence-electron chi connectivity index (χ3n) is 2.23. The number of para-hydroxylation sites is 1. The second-order valence-electron chi connectivity index (χ2n) is 3.32. The maximum atomic E-state index is 2.08. The summed E-state index contributed by atoms with van der Waals surface area (Å²) >= 11 is 0. The molecule has 0 fully saturated rings. The molecule has 0 radical (unpaired) electrons. The molecule has 0 amide bonds. The van der Waals surface area contributed by atoms with Crippen LogP contribution in [0.2, 0.25) is 0 Å². The van der Waals surface area contributed by atoms with Crippen LogP contribution in [-0.4, -0.2) is 11.7 Å². The van der Waals surface area contributed by atoms with E-state index < -0.39 is 0 Å². The molecule has 15 heavy (non-hydrogen) atoms. The molecule has 0 aliphatic carbocycles. The zero-order valence-electron chi connectivity index (χ0n) is 8.84. The Kier molecular flexibility index (Phi) is 4.14. The first kappa shape index (κ1) is 12.0. The summed E-state index contributed by atoms with van der Waals surface area (Å²) in [6.45, 7) is 0. The molecule has 1 aromatic heterocycles. The Labute approximate surface area is 107 Å². The Morgan fingerprint density at radius 1 is 1.20 bits per heavy atom. The van der Waals surface area contributed by atoms with E-state index in [1.807, 2.05) is 60.3 Å². The molecule has 3 nitrogen and oxygen atoms in total. The predicted molar refractivity (Wildman–Crippen MR) is 55.9 cm³/mol. The van der Waals surface area contributed by atoms with Gasteiger partial charge in [0, 0.05) is 7.05 Å². The second-order valence-corrected chi connectivity index (χ2v) is 3.32. The van der Waals surface area contributed by atoms with E-state index in [-0.39, 0.29) is 24.0 Å². The van der Waals surface area contributed by atoms with E-state index in [4.69, 9.17) is 0 Å². The van der Waals surface area contributed by atoms with Gasteiger partial charge in [-0.25, -0.2) is 9.58 Å². The van der Waals surface area contributed by atoms with Crippen molar-refractivity contribution in [1.82, 2.24) is 4.68 Å². The molecule has 0 N–H and O–H groups in total. The number of benzene rings is 1. The molecule has 2 aromatic rings. The molecule has 0 aliphatic rings. The highest BCUT2D eigenvalue weighted by molar-refractivity contribution is 5.44. The fourth-order valence-electron chi connectivity index (χ4n) is 1.39. The third-order valence-corrected chi connectivity index (χ3v) is 2.23. The van der Waals surface area contributed by atoms with E-state index in [1.54, 1.807) is 0 Å². The SMILES string of the molecule is CN(c1ccccc1)n1cc[n+](C)c1.[I-]. The number of aryl methyl sites for hydroxylation is 1. The van der Waals surface area contributed by atoms with Crippen LogP contribution in [0.3, 0.4) is 0 Å². The van der Waals surface area contributed by atoms with Crippen molar-refractivity contribution in [3.8, 4) is 0 Å². The van der Waals surface area contributed by atoms with Crippen LogP contribution in [0.1, 0.15) is 0 Å². The minimum absolute atomic E-state index is 0. The smallest absolute Gasteiger partial charge is 0.267 e. The predicted octanol–water partition coefficient (Wildman–Crippen LogP) is -1.78. The van der Waals surface area contributed by atoms with Crippen LogP contribution in [-0.2, 0) is 7.05 Å². The van der Waals surface area contributed by atoms with Crippen molar-refractivity contribution < 1.29 is 28.5 Å². The van der Waals surface area contributed by atoms with Gasteiger partial charge in [-0.2, -0.15) is 0 Å². The highest BCUT2D eigenvalue weighted by Gasteiger charge is 2.07. The maximum absolute atomic E-state index is 2.08. The molecule has 2 rings (SSSR count). The van der Waals surface area contributed by atoms with E-state index in [0.29, 0.717) is 0 Å². The quantitative estimate of drug-likeness (QED) is 0.471. The van der Waals surface area contributed by atoms with Crippen LogP contribution in [0, 0.1) is 0 Å². The van der Waals surface area contributed by atoms with E-state index in [2.05, 4.69) is 17.1 Å². The molecule has 0 unspecified atom stereocenters. The topological polar surface area (TPSA) is 12.1 Å². The van der Waals surface area contributed by atoms with Gasteiger partial charge in [0.15, 0.2) is 6.20 Å². The number of rotatable bonds is 2. The number of imidazole rings is 1. The molecule has 1 aromatic carbocycles. The van der Waals surface area contributed by atoms with Gasteiger partial charge in [0.2, 0.25) is 0 Å². The normalized spacial score (nSPS) is 9.47. The third kappa shape index (κ3) is 2.71. The number of nitrogens with zero attached hydrogens (tertiary/aromatic N) is 3. The number of aromatic nitrogens is 2. The molecule has 4 heteroatoms. The first-order valence-corrected chi connectivity index (χ1v) is 4.59. The van der Waals surface area contributed by atoms with Crippen molar-refractivity contribution >= 4 is 5.69 Å². The van der Waals surface area contributed by atoms with Crippen molar-refractivity contribution in [2.45, 2.75) is 0 Å². The molecular weight excluding hydrogens is 301 g/mol. The minimum atomic E-state index is 0. The molecule has 0 saturated heterocycles. The summed E-state index contributed by atoms with van der Waals surface area (Å²) in [5, 5.41) is 2.08. The van der Waals surface area contributed by atoms with E-state index in [1.165, 1.54) is 5.69 Å². The summed E-state index contributed by atoms with van der Waals surface area (Å²) in [4.78, 5) is 0. The number of hydrogen-bond acceptors (Lipinski definition) is 1. The van der Waals surface area contributed by atoms with E-state index >= 15 is 0 Å². The average molecular weight is 315 g/mol. The van der Waals surface area contributed by atoms with Gasteiger partial charge in [0.1, 0.15) is 6.20 Å². The van der Waals surface area contributed by atoms with Crippen LogP contribution in [0.25, 0.3) is 0 Å². The van der Waals surface area contributed by atoms with Gasteiger partial charge in [-0.05, 0) is 12.1 Å². The van der Waals surface area contributed by atoms with Gasteiger partial charge < -0.3 is 24.0 Å². The largest absolute Gasteiger partial charge is 1.00 e. The highest BCUT2D eigenvalue weighted by Crippen LogP contribution is 2.10. The van der Waals surface area contributed by atoms with Crippen LogP contribution >= 0.6 is 0 Å². The van der Waals surface area contributed by atoms with Crippen LogP contribution in [0.5, 0.6) is 0 Å². The van der Waals surface area contributed by atoms with Crippen molar-refractivity contribution in [1.29, 1.82) is 0 Å². The molecular formula is C11H14IN3. The first-order valence-electron chi connectivity index (χ1n) is 4.59. The van der Waals surface area contributed by atoms with Gasteiger partial charge in [-0.1, -0.05) is 18.2 Å². The first-order chi connectivity index (χ1) is 6.77. The summed E-state index contributed by atoms with van der Waals surface area (Å²) in [5.74, 6) is 0. The molecule has 0 atom stereocenters. The number of halogens is 1. The zero-order valence-corrected chi connectivity index (χ0v) is 11.0. The molecule has 0 saturated carbocycles. The van der Waals surface area contributed by atoms with Crippen LogP contribution in [0.15, 0.2) is 49.1 Å². The Morgan fingerprint density at radius 2 is 1.87 bits per heavy atom. The van der Waals surface area contributed by atoms with Gasteiger partial charge in [0.05, 0.1) is 12.7 Å². The van der Waals surface area contributed by atoms with Crippen molar-refractivity contribution in [3.05, 3.63) is 49.1 Å². The van der Waals surface area contributed by atoms with Gasteiger partial charge >= 0.3 is 0 Å². The summed E-state index contributed by atoms with van der Waals surface area (Å²) in [6.07, 6.45) is 6.06. The fraction of sp³-hybridized carbons (Fsp3) is 0.182. The zero-order chi connectivity index (χ0) is 9.97. The molecule has 0 bridgehead atoms. The van der Waals surface area contributed by atoms with Crippen molar-refractivity contribution in [3.63, 3.8) is 0 Å². The van der Waals surface area contributed by atoms with Crippen LogP contribution < -0.4 is 33.6 Å². The van der Waals surface area contributed by atoms with Gasteiger partial charge in [-0.3, -0.25) is 0 Å². The Bertz CT molecular complexity index is 411. The Hall–Kier alpha value is -1.04. The minimum Gasteiger partial charge on any atom is -1.00 e. The maximum Gasteiger partial charge on any atom is 0.267 e. The van der Waals surface area contributed by atoms with E-state index in [9.17, 15) is 0 Å². The highest BCUT2D eigenvalue weighted by atomic mass is 127. The molecule has 0 spiro atoms. The number of hydrogen-bond donors (Lipinski definition) is 0. The molecule has 0 aliphatic heterocycles. The summed E-state index contributed by atoms with van der Waals surface area (Å²) in [7, 11) is 4.05. The lowest BCUT2D eigenvalue weighted by Crippen LogP contribution is -3.00. The summed E-state index contributed by atoms with van der Waals surface area (Å²) < 4.78 is 4.05. The number of anilines is 1. The molecule has 1 heterocycles. The lowest BCUT2D eigenvalue weighted by atomic mass is 10.3. The standard InChI is InChI=1S/C11H14N3.HI/c1-12-8-9-14(10-12)13(2)11-6-4-3-5-7-11;/h3-10H,1-2H3;1H/q+1;/p-1. The van der Waals surface area contributed by atoms with Crippen LogP contribution in [0.4, 0.5) is 5.69 Å². The fourth-order valence-corrected chi connectivity index (χ4v) is 1.39. The summed E-state index contributed by atoms with van der Waals surface area (Å²) in [6, 6.07) is 10.3. The van der Waals surface area contributed by atoms with Crippen molar-refractivity contribution in [2.24, 2.45) is 7.05 Å². The Balaban J connectivity index is 0.00000112. The average Bonchev–Trinajstić information content (AvgIpc) is 2.65.